The van der Waals surface area contributed by atoms with E-state index < -0.39 is 10.6 Å². The topological polar surface area (TPSA) is 143 Å². The molecule has 0 radical (unpaired) electrons. The summed E-state index contributed by atoms with van der Waals surface area (Å²) in [4.78, 5) is 9.40. The van der Waals surface area contributed by atoms with E-state index in [1.807, 2.05) is 38.2 Å². The van der Waals surface area contributed by atoms with E-state index in [2.05, 4.69) is 25.5 Å². The SMILES string of the molecule is CNCc1ccc(-c2nnc(-c3nc(-c4ccc(S(O)(O)C(C)C)cc4C)cnc3N)o2)cc1.[HH].[HH]. The largest absolute Gasteiger partial charge is 0.414 e. The minimum Gasteiger partial charge on any atom is -0.414 e. The van der Waals surface area contributed by atoms with Gasteiger partial charge in [-0.15, -0.1) is 10.2 Å². The molecule has 2 aromatic carbocycles. The Kier molecular flexibility index (Phi) is 6.67. The van der Waals surface area contributed by atoms with Gasteiger partial charge >= 0.3 is 0 Å². The van der Waals surface area contributed by atoms with E-state index in [1.54, 1.807) is 38.2 Å². The molecule has 4 rings (SSSR count). The predicted octanol–water partition coefficient (Wildman–Crippen LogP) is 5.48. The number of aryl methyl sites for hydroxylation is 1. The summed E-state index contributed by atoms with van der Waals surface area (Å²) in [7, 11) is -0.983. The molecule has 182 valence electrons. The number of rotatable bonds is 7. The molecule has 0 bridgehead atoms. The second-order valence-electron chi connectivity index (χ2n) is 8.25. The van der Waals surface area contributed by atoms with E-state index in [0.29, 0.717) is 16.5 Å². The van der Waals surface area contributed by atoms with Gasteiger partial charge < -0.3 is 15.5 Å². The zero-order chi connectivity index (χ0) is 24.5. The van der Waals surface area contributed by atoms with Gasteiger partial charge in [0, 0.05) is 25.8 Å². The van der Waals surface area contributed by atoms with E-state index in [0.717, 1.165) is 28.8 Å². The van der Waals surface area contributed by atoms with E-state index in [1.165, 1.54) is 0 Å². The van der Waals surface area contributed by atoms with Crippen molar-refractivity contribution >= 4 is 16.4 Å². The highest BCUT2D eigenvalue weighted by Crippen LogP contribution is 2.52. The Bertz CT molecular complexity index is 1320. The van der Waals surface area contributed by atoms with Crippen LogP contribution in [0.1, 0.15) is 27.8 Å². The lowest BCUT2D eigenvalue weighted by atomic mass is 10.1. The molecule has 4 aromatic rings. The Labute approximate surface area is 202 Å². The van der Waals surface area contributed by atoms with Crippen molar-refractivity contribution in [3.8, 4) is 34.3 Å². The van der Waals surface area contributed by atoms with Crippen molar-refractivity contribution < 1.29 is 16.4 Å². The van der Waals surface area contributed by atoms with Crippen molar-refractivity contribution in [2.75, 3.05) is 12.8 Å². The predicted molar refractivity (Wildman–Crippen MR) is 139 cm³/mol. The second-order valence-corrected chi connectivity index (χ2v) is 10.8. The van der Waals surface area contributed by atoms with Crippen LogP contribution in [0.15, 0.2) is 58.0 Å². The highest BCUT2D eigenvalue weighted by atomic mass is 32.3. The third-order valence-corrected chi connectivity index (χ3v) is 7.75. The summed E-state index contributed by atoms with van der Waals surface area (Å²) >= 11 is 0. The molecule has 2 heterocycles. The first kappa shape index (κ1) is 23.8. The fourth-order valence-electron chi connectivity index (χ4n) is 3.47. The Morgan fingerprint density at radius 2 is 1.79 bits per heavy atom. The van der Waals surface area contributed by atoms with Crippen LogP contribution in [0.5, 0.6) is 0 Å². The van der Waals surface area contributed by atoms with Crippen LogP contribution in [0.3, 0.4) is 0 Å². The molecular formula is C24H32N6O3S. The number of hydrogen-bond acceptors (Lipinski definition) is 9. The molecule has 0 amide bonds. The number of nitrogens with zero attached hydrogens (tertiary/aromatic N) is 4. The molecule has 9 nitrogen and oxygen atoms in total. The number of hydrogen-bond donors (Lipinski definition) is 4. The van der Waals surface area contributed by atoms with Crippen molar-refractivity contribution in [3.63, 3.8) is 0 Å². The quantitative estimate of drug-likeness (QED) is 0.268. The van der Waals surface area contributed by atoms with Crippen LogP contribution in [-0.2, 0) is 6.54 Å². The molecule has 5 N–H and O–H groups in total. The van der Waals surface area contributed by atoms with Gasteiger partial charge in [0.05, 0.1) is 16.8 Å². The number of nitrogens with two attached hydrogens (primary N) is 1. The molecule has 0 saturated carbocycles. The summed E-state index contributed by atoms with van der Waals surface area (Å²) in [6, 6.07) is 13.1. The summed E-state index contributed by atoms with van der Waals surface area (Å²) < 4.78 is 26.8. The fourth-order valence-corrected chi connectivity index (χ4v) is 4.64. The second kappa shape index (κ2) is 9.51. The molecule has 0 fully saturated rings. The normalized spacial score (nSPS) is 12.3. The summed E-state index contributed by atoms with van der Waals surface area (Å²) in [5, 5.41) is 11.1. The lowest BCUT2D eigenvalue weighted by Crippen LogP contribution is -2.10. The molecule has 10 heteroatoms. The van der Waals surface area contributed by atoms with E-state index >= 15 is 0 Å². The zero-order valence-electron chi connectivity index (χ0n) is 19.5. The van der Waals surface area contributed by atoms with Crippen LogP contribution >= 0.6 is 10.6 Å². The van der Waals surface area contributed by atoms with E-state index in [-0.39, 0.29) is 25.5 Å². The van der Waals surface area contributed by atoms with Crippen molar-refractivity contribution in [1.82, 2.24) is 25.5 Å². The first-order valence-corrected chi connectivity index (χ1v) is 12.4. The number of aromatic nitrogens is 4. The maximum atomic E-state index is 10.5. The summed E-state index contributed by atoms with van der Waals surface area (Å²) in [6.45, 7) is 6.22. The van der Waals surface area contributed by atoms with Crippen LogP contribution in [0.25, 0.3) is 34.3 Å². The van der Waals surface area contributed by atoms with Gasteiger partial charge in [0.15, 0.2) is 11.5 Å². The van der Waals surface area contributed by atoms with Gasteiger partial charge in [-0.3, -0.25) is 9.11 Å². The number of nitrogen functional groups attached to an aromatic ring is 1. The first-order valence-electron chi connectivity index (χ1n) is 10.8. The standard InChI is InChI=1S/C24H28N6O3S.2H2/c1-14(2)34(31,32)18-9-10-19(15(3)11-18)20-13-27-22(25)21(28-20)24-30-29-23(33-24)17-7-5-16(6-8-17)12-26-4;;/h5-11,13-14,26,31-32H,12H2,1-4H3,(H2,25,27);2*1H. The van der Waals surface area contributed by atoms with Crippen molar-refractivity contribution in [2.45, 2.75) is 37.5 Å². The molecule has 0 atom stereocenters. The van der Waals surface area contributed by atoms with Gasteiger partial charge in [0.25, 0.3) is 5.89 Å². The van der Waals surface area contributed by atoms with Gasteiger partial charge in [-0.25, -0.2) is 9.97 Å². The Morgan fingerprint density at radius 3 is 2.44 bits per heavy atom. The molecule has 0 unspecified atom stereocenters. The molecule has 2 aromatic heterocycles. The Morgan fingerprint density at radius 1 is 1.09 bits per heavy atom. The first-order chi connectivity index (χ1) is 16.2. The van der Waals surface area contributed by atoms with Crippen LogP contribution in [0, 0.1) is 6.92 Å². The highest BCUT2D eigenvalue weighted by Gasteiger charge is 2.22. The summed E-state index contributed by atoms with van der Waals surface area (Å²) in [5.41, 5.74) is 10.5. The molecule has 0 aliphatic heterocycles. The Balaban J connectivity index is 0.00000228. The van der Waals surface area contributed by atoms with Crippen LogP contribution < -0.4 is 11.1 Å². The van der Waals surface area contributed by atoms with Crippen LogP contribution in [-0.4, -0.2) is 41.6 Å². The average Bonchev–Trinajstić information content (AvgIpc) is 3.30. The van der Waals surface area contributed by atoms with Gasteiger partial charge in [-0.2, -0.15) is 10.6 Å². The average molecular weight is 485 g/mol. The zero-order valence-corrected chi connectivity index (χ0v) is 20.3. The van der Waals surface area contributed by atoms with Crippen LogP contribution in [0.2, 0.25) is 0 Å². The Hall–Kier alpha value is -3.31. The molecule has 0 aliphatic rings. The maximum Gasteiger partial charge on any atom is 0.270 e. The van der Waals surface area contributed by atoms with Gasteiger partial charge in [0.1, 0.15) is 0 Å². The summed E-state index contributed by atoms with van der Waals surface area (Å²) in [5.74, 6) is 0.702. The summed E-state index contributed by atoms with van der Waals surface area (Å²) in [6.07, 6.45) is 1.57. The number of nitrogens with one attached hydrogen (secondary N) is 1. The third-order valence-electron chi connectivity index (χ3n) is 5.49. The lowest BCUT2D eigenvalue weighted by molar-refractivity contribution is 0.476. The van der Waals surface area contributed by atoms with Crippen LogP contribution in [0.4, 0.5) is 5.82 Å². The monoisotopic (exact) mass is 484 g/mol. The molecule has 0 aliphatic carbocycles. The highest BCUT2D eigenvalue weighted by molar-refractivity contribution is 8.24. The molecule has 0 spiro atoms. The van der Waals surface area contributed by atoms with E-state index in [9.17, 15) is 9.11 Å². The minimum atomic E-state index is -2.88. The van der Waals surface area contributed by atoms with E-state index in [4.69, 9.17) is 10.2 Å². The molecule has 0 saturated heterocycles. The minimum absolute atomic E-state index is 0. The van der Waals surface area contributed by atoms with Gasteiger partial charge in [0.2, 0.25) is 5.89 Å². The van der Waals surface area contributed by atoms with Gasteiger partial charge in [-0.05, 0) is 63.2 Å². The van der Waals surface area contributed by atoms with Crippen molar-refractivity contribution in [3.05, 3.63) is 59.8 Å². The molecular weight excluding hydrogens is 452 g/mol. The van der Waals surface area contributed by atoms with Crippen molar-refractivity contribution in [2.24, 2.45) is 0 Å². The fraction of sp³-hybridized carbons (Fsp3) is 0.250. The van der Waals surface area contributed by atoms with Crippen molar-refractivity contribution in [1.29, 1.82) is 0 Å². The number of anilines is 1. The number of benzene rings is 2. The third kappa shape index (κ3) is 4.66. The maximum absolute atomic E-state index is 10.5. The van der Waals surface area contributed by atoms with Gasteiger partial charge in [-0.1, -0.05) is 18.2 Å². The lowest BCUT2D eigenvalue weighted by Gasteiger charge is -2.36. The molecule has 34 heavy (non-hydrogen) atoms. The smallest absolute Gasteiger partial charge is 0.270 e.